The van der Waals surface area contributed by atoms with Gasteiger partial charge in [0.15, 0.2) is 0 Å². The molecule has 0 bridgehead atoms. The molecule has 6 heteroatoms. The molecule has 0 aromatic heterocycles. The highest BCUT2D eigenvalue weighted by molar-refractivity contribution is 6.07. The molecule has 1 aliphatic rings. The Labute approximate surface area is 145 Å². The van der Waals surface area contributed by atoms with Crippen molar-refractivity contribution in [2.24, 2.45) is 5.73 Å². The van der Waals surface area contributed by atoms with Gasteiger partial charge >= 0.3 is 6.03 Å². The van der Waals surface area contributed by atoms with Crippen LogP contribution in [0.25, 0.3) is 0 Å². The zero-order chi connectivity index (χ0) is 18.2. The third kappa shape index (κ3) is 2.89. The lowest BCUT2D eigenvalue weighted by atomic mass is 9.89. The molecule has 1 fully saturated rings. The van der Waals surface area contributed by atoms with E-state index in [9.17, 15) is 14.0 Å². The van der Waals surface area contributed by atoms with E-state index in [1.807, 2.05) is 30.3 Å². The van der Waals surface area contributed by atoms with Gasteiger partial charge in [-0.25, -0.2) is 9.18 Å². The van der Waals surface area contributed by atoms with Crippen molar-refractivity contribution in [2.45, 2.75) is 25.4 Å². The first-order valence-corrected chi connectivity index (χ1v) is 8.04. The van der Waals surface area contributed by atoms with Crippen LogP contribution in [0.1, 0.15) is 29.7 Å². The van der Waals surface area contributed by atoms with Crippen molar-refractivity contribution in [3.05, 3.63) is 71.0 Å². The zero-order valence-electron chi connectivity index (χ0n) is 14.1. The Kier molecular flexibility index (Phi) is 4.30. The molecule has 0 spiro atoms. The van der Waals surface area contributed by atoms with Gasteiger partial charge in [0.1, 0.15) is 11.4 Å². The van der Waals surface area contributed by atoms with Crippen LogP contribution in [0.5, 0.6) is 0 Å². The Morgan fingerprint density at radius 1 is 1.20 bits per heavy atom. The Hall–Kier alpha value is -2.73. The average molecular weight is 341 g/mol. The van der Waals surface area contributed by atoms with Gasteiger partial charge in [0, 0.05) is 12.6 Å². The van der Waals surface area contributed by atoms with Crippen LogP contribution >= 0.6 is 0 Å². The minimum atomic E-state index is -1.31. The minimum Gasteiger partial charge on any atom is -0.322 e. The van der Waals surface area contributed by atoms with Crippen LogP contribution in [0.2, 0.25) is 0 Å². The van der Waals surface area contributed by atoms with Gasteiger partial charge in [-0.3, -0.25) is 10.1 Å². The third-order valence-corrected chi connectivity index (χ3v) is 4.79. The SMILES string of the molecule is Cc1ccc(C2(C)C(=O)NC(=O)N2C[C@H](N)c2ccccc2)cc1F. The summed E-state index contributed by atoms with van der Waals surface area (Å²) >= 11 is 0. The monoisotopic (exact) mass is 341 g/mol. The quantitative estimate of drug-likeness (QED) is 0.840. The molecule has 3 N–H and O–H groups in total. The lowest BCUT2D eigenvalue weighted by Crippen LogP contribution is -2.47. The van der Waals surface area contributed by atoms with Crippen LogP contribution in [0.3, 0.4) is 0 Å². The van der Waals surface area contributed by atoms with E-state index >= 15 is 0 Å². The van der Waals surface area contributed by atoms with E-state index in [2.05, 4.69) is 5.32 Å². The van der Waals surface area contributed by atoms with Crippen LogP contribution in [-0.4, -0.2) is 23.4 Å². The number of nitrogens with two attached hydrogens (primary N) is 1. The first-order valence-electron chi connectivity index (χ1n) is 8.04. The first-order chi connectivity index (χ1) is 11.8. The molecule has 130 valence electrons. The Balaban J connectivity index is 1.97. The lowest BCUT2D eigenvalue weighted by Gasteiger charge is -2.34. The van der Waals surface area contributed by atoms with E-state index in [1.165, 1.54) is 11.0 Å². The fraction of sp³-hybridized carbons (Fsp3) is 0.263. The Morgan fingerprint density at radius 3 is 2.52 bits per heavy atom. The number of hydrogen-bond donors (Lipinski definition) is 2. The number of carbonyl (C=O) groups excluding carboxylic acids is 2. The maximum absolute atomic E-state index is 14.0. The molecule has 1 saturated heterocycles. The number of aryl methyl sites for hydroxylation is 1. The number of urea groups is 1. The standard InChI is InChI=1S/C19H20FN3O2/c1-12-8-9-14(10-15(12)20)19(2)17(24)22-18(25)23(19)11-16(21)13-6-4-3-5-7-13/h3-10,16H,11,21H2,1-2H3,(H,22,24,25)/t16-,19?/m0/s1. The van der Waals surface area contributed by atoms with Crippen molar-refractivity contribution < 1.29 is 14.0 Å². The molecule has 1 unspecified atom stereocenters. The number of halogens is 1. The predicted molar refractivity (Wildman–Crippen MR) is 92.1 cm³/mol. The van der Waals surface area contributed by atoms with E-state index in [-0.39, 0.29) is 6.54 Å². The second-order valence-corrected chi connectivity index (χ2v) is 6.42. The summed E-state index contributed by atoms with van der Waals surface area (Å²) in [6, 6.07) is 12.9. The van der Waals surface area contributed by atoms with Gasteiger partial charge in [0.05, 0.1) is 0 Å². The normalized spacial score (nSPS) is 21.4. The highest BCUT2D eigenvalue weighted by Gasteiger charge is 2.51. The fourth-order valence-electron chi connectivity index (χ4n) is 3.06. The molecule has 5 nitrogen and oxygen atoms in total. The predicted octanol–water partition coefficient (Wildman–Crippen LogP) is 2.60. The molecule has 1 heterocycles. The molecule has 3 amide bonds. The molecule has 25 heavy (non-hydrogen) atoms. The maximum atomic E-state index is 14.0. The Bertz CT molecular complexity index is 825. The third-order valence-electron chi connectivity index (χ3n) is 4.79. The van der Waals surface area contributed by atoms with Crippen molar-refractivity contribution >= 4 is 11.9 Å². The van der Waals surface area contributed by atoms with Crippen LogP contribution in [-0.2, 0) is 10.3 Å². The molecular formula is C19H20FN3O2. The van der Waals surface area contributed by atoms with Gasteiger partial charge in [-0.05, 0) is 36.6 Å². The zero-order valence-corrected chi connectivity index (χ0v) is 14.1. The first kappa shape index (κ1) is 17.1. The molecule has 0 aliphatic carbocycles. The molecule has 3 rings (SSSR count). The van der Waals surface area contributed by atoms with E-state index in [0.29, 0.717) is 11.1 Å². The smallest absolute Gasteiger partial charge is 0.322 e. The van der Waals surface area contributed by atoms with Gasteiger partial charge in [-0.1, -0.05) is 42.5 Å². The molecule has 2 aromatic rings. The summed E-state index contributed by atoms with van der Waals surface area (Å²) < 4.78 is 14.0. The van der Waals surface area contributed by atoms with Crippen molar-refractivity contribution in [3.63, 3.8) is 0 Å². The molecule has 0 saturated carbocycles. The van der Waals surface area contributed by atoms with Crippen LogP contribution < -0.4 is 11.1 Å². The number of carbonyl (C=O) groups is 2. The highest BCUT2D eigenvalue weighted by atomic mass is 19.1. The van der Waals surface area contributed by atoms with Crippen molar-refractivity contribution in [3.8, 4) is 0 Å². The number of nitrogens with zero attached hydrogens (tertiary/aromatic N) is 1. The summed E-state index contributed by atoms with van der Waals surface area (Å²) in [6.45, 7) is 3.38. The largest absolute Gasteiger partial charge is 0.325 e. The van der Waals surface area contributed by atoms with E-state index < -0.39 is 29.3 Å². The highest BCUT2D eigenvalue weighted by Crippen LogP contribution is 2.34. The van der Waals surface area contributed by atoms with E-state index in [1.54, 1.807) is 26.0 Å². The summed E-state index contributed by atoms with van der Waals surface area (Å²) in [5, 5.41) is 2.32. The topological polar surface area (TPSA) is 75.4 Å². The maximum Gasteiger partial charge on any atom is 0.325 e. The van der Waals surface area contributed by atoms with Gasteiger partial charge in [-0.2, -0.15) is 0 Å². The van der Waals surface area contributed by atoms with Gasteiger partial charge < -0.3 is 10.6 Å². The number of rotatable bonds is 4. The second-order valence-electron chi connectivity index (χ2n) is 6.42. The molecule has 1 aliphatic heterocycles. The van der Waals surface area contributed by atoms with Crippen LogP contribution in [0.4, 0.5) is 9.18 Å². The number of imide groups is 1. The average Bonchev–Trinajstić information content (AvgIpc) is 2.82. The number of nitrogens with one attached hydrogen (secondary N) is 1. The summed E-state index contributed by atoms with van der Waals surface area (Å²) in [6.07, 6.45) is 0. The summed E-state index contributed by atoms with van der Waals surface area (Å²) in [5.74, 6) is -0.904. The Morgan fingerprint density at radius 2 is 1.88 bits per heavy atom. The number of amides is 3. The van der Waals surface area contributed by atoms with Crippen molar-refractivity contribution in [1.82, 2.24) is 10.2 Å². The van der Waals surface area contributed by atoms with Gasteiger partial charge in [0.25, 0.3) is 5.91 Å². The van der Waals surface area contributed by atoms with E-state index in [4.69, 9.17) is 5.73 Å². The van der Waals surface area contributed by atoms with Gasteiger partial charge in [0.2, 0.25) is 0 Å². The lowest BCUT2D eigenvalue weighted by molar-refractivity contribution is -0.126. The molecule has 2 aromatic carbocycles. The van der Waals surface area contributed by atoms with Crippen LogP contribution in [0.15, 0.2) is 48.5 Å². The summed E-state index contributed by atoms with van der Waals surface area (Å²) in [5.41, 5.74) is 6.67. The number of hydrogen-bond acceptors (Lipinski definition) is 3. The molecular weight excluding hydrogens is 321 g/mol. The minimum absolute atomic E-state index is 0.133. The van der Waals surface area contributed by atoms with Crippen molar-refractivity contribution in [1.29, 1.82) is 0 Å². The van der Waals surface area contributed by atoms with Gasteiger partial charge in [-0.15, -0.1) is 0 Å². The van der Waals surface area contributed by atoms with E-state index in [0.717, 1.165) is 5.56 Å². The molecule has 0 radical (unpaired) electrons. The van der Waals surface area contributed by atoms with Crippen molar-refractivity contribution in [2.75, 3.05) is 6.54 Å². The molecule has 2 atom stereocenters. The summed E-state index contributed by atoms with van der Waals surface area (Å²) in [4.78, 5) is 26.2. The second kappa shape index (κ2) is 6.29. The number of benzene rings is 2. The van der Waals surface area contributed by atoms with Crippen LogP contribution in [0, 0.1) is 12.7 Å². The fourth-order valence-corrected chi connectivity index (χ4v) is 3.06. The summed E-state index contributed by atoms with van der Waals surface area (Å²) in [7, 11) is 0.